The van der Waals surface area contributed by atoms with Gasteiger partial charge >= 0.3 is 18.1 Å². The first-order valence-corrected chi connectivity index (χ1v) is 14.9. The van der Waals surface area contributed by atoms with E-state index in [2.05, 4.69) is 0 Å². The molecule has 2 aliphatic heterocycles. The summed E-state index contributed by atoms with van der Waals surface area (Å²) in [6.45, 7) is 6.05. The lowest BCUT2D eigenvalue weighted by Crippen LogP contribution is -2.52. The quantitative estimate of drug-likeness (QED) is 0.403. The van der Waals surface area contributed by atoms with Gasteiger partial charge in [0, 0.05) is 45.1 Å². The smallest absolute Gasteiger partial charge is 0.482 e. The highest BCUT2D eigenvalue weighted by molar-refractivity contribution is 6.03. The number of hydrogen-bond donors (Lipinski definition) is 1. The molecule has 0 bridgehead atoms. The zero-order chi connectivity index (χ0) is 31.8. The number of phenolic OH excluding ortho intramolecular Hbond substituents is 1. The molecule has 3 amide bonds. The number of methoxy groups -OCH3 is 1. The van der Waals surface area contributed by atoms with E-state index in [9.17, 15) is 28.3 Å². The van der Waals surface area contributed by atoms with Crippen molar-refractivity contribution in [2.75, 3.05) is 43.2 Å². The Balaban J connectivity index is 1.50. The second kappa shape index (κ2) is 12.2. The molecule has 44 heavy (non-hydrogen) atoms. The first-order valence-electron chi connectivity index (χ1n) is 14.9. The molecule has 3 aliphatic rings. The van der Waals surface area contributed by atoms with Crippen LogP contribution in [0, 0.1) is 5.92 Å². The number of benzene rings is 2. The van der Waals surface area contributed by atoms with Gasteiger partial charge < -0.3 is 34.0 Å². The monoisotopic (exact) mass is 615 g/mol. The summed E-state index contributed by atoms with van der Waals surface area (Å²) < 4.78 is 44.4. The molecular weight excluding hydrogens is 576 g/mol. The van der Waals surface area contributed by atoms with Gasteiger partial charge in [-0.1, -0.05) is 12.1 Å². The molecule has 238 valence electrons. The maximum atomic E-state index is 14.6. The molecule has 0 unspecified atom stereocenters. The summed E-state index contributed by atoms with van der Waals surface area (Å²) in [4.78, 5) is 44.5. The molecule has 2 heterocycles. The Kier molecular flexibility index (Phi) is 8.75. The van der Waals surface area contributed by atoms with Crippen LogP contribution >= 0.6 is 0 Å². The molecule has 0 radical (unpaired) electrons. The number of aromatic hydroxyl groups is 1. The van der Waals surface area contributed by atoms with Gasteiger partial charge in [-0.2, -0.15) is 8.78 Å². The highest BCUT2D eigenvalue weighted by atomic mass is 19.3. The Morgan fingerprint density at radius 3 is 2.55 bits per heavy atom. The van der Waals surface area contributed by atoms with Crippen molar-refractivity contribution in [3.05, 3.63) is 48.0 Å². The number of piperidine rings is 1. The van der Waals surface area contributed by atoms with Crippen molar-refractivity contribution >= 4 is 29.3 Å². The Morgan fingerprint density at radius 1 is 1.14 bits per heavy atom. The van der Waals surface area contributed by atoms with Crippen LogP contribution in [0.2, 0.25) is 0 Å². The third-order valence-corrected chi connectivity index (χ3v) is 8.00. The minimum absolute atomic E-state index is 0.0213. The highest BCUT2D eigenvalue weighted by Gasteiger charge is 2.51. The molecule has 0 spiro atoms. The van der Waals surface area contributed by atoms with E-state index in [1.807, 2.05) is 6.07 Å². The van der Waals surface area contributed by atoms with E-state index in [4.69, 9.17) is 14.2 Å². The van der Waals surface area contributed by atoms with Crippen molar-refractivity contribution in [1.82, 2.24) is 4.90 Å². The number of carbonyl (C=O) groups excluding carboxylic acids is 3. The number of ether oxygens (including phenoxy) is 3. The number of rotatable bonds is 8. The Bertz CT molecular complexity index is 1410. The first kappa shape index (κ1) is 31.5. The lowest BCUT2D eigenvalue weighted by Gasteiger charge is -2.41. The fourth-order valence-electron chi connectivity index (χ4n) is 5.87. The number of carbonyl (C=O) groups is 3. The van der Waals surface area contributed by atoms with Crippen molar-refractivity contribution in [2.24, 2.45) is 5.92 Å². The van der Waals surface area contributed by atoms with Gasteiger partial charge in [0.15, 0.2) is 5.75 Å². The lowest BCUT2D eigenvalue weighted by molar-refractivity contribution is -0.192. The van der Waals surface area contributed by atoms with Gasteiger partial charge in [-0.25, -0.2) is 4.79 Å². The van der Waals surface area contributed by atoms with E-state index in [0.717, 1.165) is 23.3 Å². The second-order valence-electron chi connectivity index (χ2n) is 12.5. The third kappa shape index (κ3) is 6.74. The van der Waals surface area contributed by atoms with Crippen LogP contribution in [-0.2, 0) is 19.1 Å². The lowest BCUT2D eigenvalue weighted by atomic mass is 9.79. The Hall–Kier alpha value is -3.93. The highest BCUT2D eigenvalue weighted by Crippen LogP contribution is 2.45. The van der Waals surface area contributed by atoms with Crippen molar-refractivity contribution in [3.63, 3.8) is 0 Å². The van der Waals surface area contributed by atoms with E-state index in [1.54, 1.807) is 56.0 Å². The molecule has 10 nitrogen and oxygen atoms in total. The van der Waals surface area contributed by atoms with Crippen LogP contribution in [0.3, 0.4) is 0 Å². The van der Waals surface area contributed by atoms with Gasteiger partial charge in [0.1, 0.15) is 11.4 Å². The minimum Gasteiger partial charge on any atom is -0.508 e. The molecule has 2 aromatic carbocycles. The van der Waals surface area contributed by atoms with Crippen molar-refractivity contribution in [3.8, 4) is 11.5 Å². The maximum Gasteiger partial charge on any atom is 0.482 e. The number of likely N-dealkylation sites (tertiary alicyclic amines) is 1. The first-order chi connectivity index (χ1) is 20.8. The fourth-order valence-corrected chi connectivity index (χ4v) is 5.87. The van der Waals surface area contributed by atoms with E-state index in [0.29, 0.717) is 25.1 Å². The summed E-state index contributed by atoms with van der Waals surface area (Å²) in [5.74, 6) is -2.80. The number of hydrogen-bond acceptors (Lipinski definition) is 7. The molecule has 1 aliphatic carbocycles. The topological polar surface area (TPSA) is 109 Å². The van der Waals surface area contributed by atoms with Gasteiger partial charge in [-0.05, 0) is 88.3 Å². The van der Waals surface area contributed by atoms with Crippen LogP contribution in [0.4, 0.5) is 25.0 Å². The van der Waals surface area contributed by atoms with Gasteiger partial charge in [0.05, 0.1) is 11.6 Å². The molecule has 0 aromatic heterocycles. The number of alkyl halides is 2. The molecule has 12 heteroatoms. The molecule has 1 N–H and O–H groups in total. The summed E-state index contributed by atoms with van der Waals surface area (Å²) in [5.41, 5.74) is 0.655. The van der Waals surface area contributed by atoms with Crippen LogP contribution in [0.25, 0.3) is 0 Å². The zero-order valence-corrected chi connectivity index (χ0v) is 25.4. The standard InChI is InChI=1S/C32H39F2N3O7/c1-31(2,3)44-30(41)35-15-13-24(20-7-5-8-23(38)17-20)25(19-35)28(39)37(21-9-10-21)22-11-12-27-26(18-22)36(14-6-16-42-4)29(40)32(33,34)43-27/h5,7-8,11-12,17-18,21,24-25,38H,6,9-10,13-16,19H2,1-4H3/t24-,25+/m1/s1. The van der Waals surface area contributed by atoms with E-state index >= 15 is 0 Å². The van der Waals surface area contributed by atoms with Crippen molar-refractivity contribution < 1.29 is 42.5 Å². The molecule has 5 rings (SSSR count). The average molecular weight is 616 g/mol. The summed E-state index contributed by atoms with van der Waals surface area (Å²) in [6.07, 6.45) is -2.26. The number of anilines is 2. The van der Waals surface area contributed by atoms with Crippen LogP contribution in [0.1, 0.15) is 57.9 Å². The largest absolute Gasteiger partial charge is 0.508 e. The summed E-state index contributed by atoms with van der Waals surface area (Å²) in [7, 11) is 1.49. The van der Waals surface area contributed by atoms with Crippen LogP contribution < -0.4 is 14.5 Å². The zero-order valence-electron chi connectivity index (χ0n) is 25.4. The molecule has 2 fully saturated rings. The normalized spacial score (nSPS) is 21.4. The average Bonchev–Trinajstić information content (AvgIpc) is 3.79. The molecular formula is C32H39F2N3O7. The van der Waals surface area contributed by atoms with Crippen molar-refractivity contribution in [2.45, 2.75) is 70.1 Å². The number of fused-ring (bicyclic) bond motifs is 1. The van der Waals surface area contributed by atoms with Gasteiger partial charge in [-0.15, -0.1) is 0 Å². The predicted octanol–water partition coefficient (Wildman–Crippen LogP) is 5.28. The summed E-state index contributed by atoms with van der Waals surface area (Å²) in [6, 6.07) is 11.1. The molecule has 1 saturated heterocycles. The minimum atomic E-state index is -4.02. The molecule has 1 saturated carbocycles. The van der Waals surface area contributed by atoms with E-state index in [-0.39, 0.29) is 54.7 Å². The fraction of sp³-hybridized carbons (Fsp3) is 0.531. The van der Waals surface area contributed by atoms with Crippen molar-refractivity contribution in [1.29, 1.82) is 0 Å². The second-order valence-corrected chi connectivity index (χ2v) is 12.5. The van der Waals surface area contributed by atoms with E-state index < -0.39 is 29.6 Å². The van der Waals surface area contributed by atoms with Gasteiger partial charge in [0.2, 0.25) is 5.91 Å². The molecule has 2 atom stereocenters. The number of phenols is 1. The predicted molar refractivity (Wildman–Crippen MR) is 158 cm³/mol. The number of halogens is 2. The SMILES string of the molecule is COCCCN1C(=O)C(F)(F)Oc2ccc(N(C(=O)[C@H]3CN(C(=O)OC(C)(C)C)CC[C@@H]3c3cccc(O)c3)C3CC3)cc21. The number of nitrogens with zero attached hydrogens (tertiary/aromatic N) is 3. The molecule has 2 aromatic rings. The van der Waals surface area contributed by atoms with Gasteiger partial charge in [-0.3, -0.25) is 9.59 Å². The third-order valence-electron chi connectivity index (χ3n) is 8.00. The van der Waals surface area contributed by atoms with Crippen LogP contribution in [0.5, 0.6) is 11.5 Å². The van der Waals surface area contributed by atoms with Crippen LogP contribution in [0.15, 0.2) is 42.5 Å². The maximum absolute atomic E-state index is 14.6. The van der Waals surface area contributed by atoms with Crippen LogP contribution in [-0.4, -0.2) is 79.0 Å². The van der Waals surface area contributed by atoms with E-state index in [1.165, 1.54) is 18.1 Å². The Morgan fingerprint density at radius 2 is 1.89 bits per heavy atom. The van der Waals surface area contributed by atoms with Gasteiger partial charge in [0.25, 0.3) is 0 Å². The summed E-state index contributed by atoms with van der Waals surface area (Å²) >= 11 is 0. The Labute approximate surface area is 255 Å². The number of amides is 3. The summed E-state index contributed by atoms with van der Waals surface area (Å²) in [5, 5.41) is 10.2.